The number of imidazole rings is 1. The zero-order chi connectivity index (χ0) is 20.8. The molecule has 1 aliphatic rings. The lowest BCUT2D eigenvalue weighted by molar-refractivity contribution is -0.144. The molecule has 1 saturated heterocycles. The van der Waals surface area contributed by atoms with Crippen molar-refractivity contribution < 1.29 is 18.0 Å². The Morgan fingerprint density at radius 3 is 2.31 bits per heavy atom. The largest absolute Gasteiger partial charge is 0.451 e. The number of aromatic amines is 1. The number of carbonyl (C=O) groups is 1. The monoisotopic (exact) mass is 444 g/mol. The normalized spacial score (nSPS) is 15.2. The van der Waals surface area contributed by atoms with Crippen LogP contribution in [0.2, 0.25) is 10.0 Å². The van der Waals surface area contributed by atoms with E-state index >= 15 is 0 Å². The molecule has 0 spiro atoms. The maximum absolute atomic E-state index is 13.1. The molecule has 152 valence electrons. The molecule has 1 aliphatic heterocycles. The quantitative estimate of drug-likeness (QED) is 0.652. The van der Waals surface area contributed by atoms with Gasteiger partial charge in [0.25, 0.3) is 5.91 Å². The highest BCUT2D eigenvalue weighted by Crippen LogP contribution is 2.31. The first-order valence-electron chi connectivity index (χ1n) is 8.51. The first-order chi connectivity index (χ1) is 13.7. The summed E-state index contributed by atoms with van der Waals surface area (Å²) in [4.78, 5) is 29.7. The maximum atomic E-state index is 13.1. The Labute approximate surface area is 172 Å². The van der Waals surface area contributed by atoms with Crippen LogP contribution in [-0.4, -0.2) is 56.9 Å². The Balaban J connectivity index is 1.55. The molecule has 0 unspecified atom stereocenters. The number of hydrogen-bond acceptors (Lipinski definition) is 5. The summed E-state index contributed by atoms with van der Waals surface area (Å²) in [6, 6.07) is 4.58. The van der Waals surface area contributed by atoms with Crippen LogP contribution in [0.1, 0.15) is 16.2 Å². The van der Waals surface area contributed by atoms with Gasteiger partial charge in [0.15, 0.2) is 11.5 Å². The Morgan fingerprint density at radius 2 is 1.69 bits per heavy atom. The molecule has 12 heteroatoms. The van der Waals surface area contributed by atoms with Crippen LogP contribution in [0.15, 0.2) is 24.5 Å². The van der Waals surface area contributed by atoms with Crippen LogP contribution >= 0.6 is 23.2 Å². The number of halogens is 5. The predicted octanol–water partition coefficient (Wildman–Crippen LogP) is 3.64. The Hall–Kier alpha value is -2.59. The molecule has 1 amide bonds. The van der Waals surface area contributed by atoms with Crippen LogP contribution in [0.3, 0.4) is 0 Å². The van der Waals surface area contributed by atoms with E-state index in [4.69, 9.17) is 23.2 Å². The lowest BCUT2D eigenvalue weighted by Crippen LogP contribution is -2.49. The summed E-state index contributed by atoms with van der Waals surface area (Å²) in [7, 11) is 0. The fourth-order valence-electron chi connectivity index (χ4n) is 3.15. The number of H-pyrrole nitrogens is 1. The molecule has 1 fully saturated rings. The first kappa shape index (κ1) is 19.7. The molecule has 2 aromatic heterocycles. The number of hydrogen-bond donors (Lipinski definition) is 1. The number of nitrogens with one attached hydrogen (secondary N) is 1. The summed E-state index contributed by atoms with van der Waals surface area (Å²) in [6.45, 7) is 1.18. The van der Waals surface area contributed by atoms with Gasteiger partial charge in [-0.25, -0.2) is 15.0 Å². The molecule has 4 rings (SSSR count). The molecule has 7 nitrogen and oxygen atoms in total. The van der Waals surface area contributed by atoms with Gasteiger partial charge in [-0.3, -0.25) is 4.79 Å². The number of carbonyl (C=O) groups excluding carboxylic acids is 1. The molecule has 0 bridgehead atoms. The van der Waals surface area contributed by atoms with E-state index in [0.717, 1.165) is 0 Å². The number of nitrogens with zero attached hydrogens (tertiary/aromatic N) is 5. The molecule has 1 N–H and O–H groups in total. The SMILES string of the molecule is O=C(c1cc(Cl)cc(Cl)c1)N1CCN(c2nc(C(F)(F)F)nc3nc[nH]c23)CC1. The lowest BCUT2D eigenvalue weighted by atomic mass is 10.2. The minimum atomic E-state index is -4.69. The van der Waals surface area contributed by atoms with E-state index in [1.165, 1.54) is 24.5 Å². The molecule has 0 radical (unpaired) electrons. The van der Waals surface area contributed by atoms with Crippen molar-refractivity contribution in [3.05, 3.63) is 46.0 Å². The van der Waals surface area contributed by atoms with Gasteiger partial charge in [0, 0.05) is 41.8 Å². The topological polar surface area (TPSA) is 78.0 Å². The second-order valence-electron chi connectivity index (χ2n) is 6.41. The fourth-order valence-corrected chi connectivity index (χ4v) is 3.68. The van der Waals surface area contributed by atoms with E-state index in [0.29, 0.717) is 47.3 Å². The van der Waals surface area contributed by atoms with Crippen LogP contribution in [0.25, 0.3) is 11.2 Å². The summed E-state index contributed by atoms with van der Waals surface area (Å²) >= 11 is 11.9. The van der Waals surface area contributed by atoms with Crippen molar-refractivity contribution >= 4 is 46.1 Å². The zero-order valence-corrected chi connectivity index (χ0v) is 16.2. The summed E-state index contributed by atoms with van der Waals surface area (Å²) in [6.07, 6.45) is -3.42. The van der Waals surface area contributed by atoms with Gasteiger partial charge in [0.2, 0.25) is 5.82 Å². The number of rotatable bonds is 2. The van der Waals surface area contributed by atoms with Crippen molar-refractivity contribution in [3.8, 4) is 0 Å². The Bertz CT molecular complexity index is 1060. The Morgan fingerprint density at radius 1 is 1.03 bits per heavy atom. The Kier molecular flexibility index (Phi) is 4.99. The number of amides is 1. The molecule has 3 heterocycles. The number of piperazine rings is 1. The highest BCUT2D eigenvalue weighted by molar-refractivity contribution is 6.35. The van der Waals surface area contributed by atoms with E-state index in [-0.39, 0.29) is 17.4 Å². The van der Waals surface area contributed by atoms with E-state index in [9.17, 15) is 18.0 Å². The highest BCUT2D eigenvalue weighted by atomic mass is 35.5. The summed E-state index contributed by atoms with van der Waals surface area (Å²) in [5.74, 6) is -1.39. The third-order valence-electron chi connectivity index (χ3n) is 4.50. The summed E-state index contributed by atoms with van der Waals surface area (Å²) < 4.78 is 39.4. The first-order valence-corrected chi connectivity index (χ1v) is 9.26. The van der Waals surface area contributed by atoms with E-state index in [1.807, 2.05) is 0 Å². The highest BCUT2D eigenvalue weighted by Gasteiger charge is 2.37. The van der Waals surface area contributed by atoms with Crippen LogP contribution < -0.4 is 4.90 Å². The third kappa shape index (κ3) is 3.95. The van der Waals surface area contributed by atoms with Gasteiger partial charge < -0.3 is 14.8 Å². The molecule has 3 aromatic rings. The second-order valence-corrected chi connectivity index (χ2v) is 7.28. The molecular weight excluding hydrogens is 432 g/mol. The number of alkyl halides is 3. The molecule has 29 heavy (non-hydrogen) atoms. The van der Waals surface area contributed by atoms with Gasteiger partial charge in [-0.1, -0.05) is 23.2 Å². The van der Waals surface area contributed by atoms with Crippen LogP contribution in [0, 0.1) is 0 Å². The minimum absolute atomic E-state index is 0.0607. The van der Waals surface area contributed by atoms with Crippen LogP contribution in [-0.2, 0) is 6.18 Å². The van der Waals surface area contributed by atoms with Crippen molar-refractivity contribution in [3.63, 3.8) is 0 Å². The van der Waals surface area contributed by atoms with Crippen molar-refractivity contribution in [2.45, 2.75) is 6.18 Å². The number of aromatic nitrogens is 4. The molecule has 1 aromatic carbocycles. The zero-order valence-electron chi connectivity index (χ0n) is 14.7. The number of benzene rings is 1. The minimum Gasteiger partial charge on any atom is -0.351 e. The van der Waals surface area contributed by atoms with Gasteiger partial charge in [-0.15, -0.1) is 0 Å². The van der Waals surface area contributed by atoms with E-state index < -0.39 is 12.0 Å². The molecular formula is C17H13Cl2F3N6O. The smallest absolute Gasteiger partial charge is 0.351 e. The second kappa shape index (κ2) is 7.34. The van der Waals surface area contributed by atoms with Crippen molar-refractivity contribution in [2.75, 3.05) is 31.1 Å². The van der Waals surface area contributed by atoms with E-state index in [2.05, 4.69) is 19.9 Å². The lowest BCUT2D eigenvalue weighted by Gasteiger charge is -2.35. The predicted molar refractivity (Wildman–Crippen MR) is 101 cm³/mol. The van der Waals surface area contributed by atoms with Gasteiger partial charge in [-0.2, -0.15) is 13.2 Å². The van der Waals surface area contributed by atoms with Gasteiger partial charge in [0.05, 0.1) is 6.33 Å². The maximum Gasteiger partial charge on any atom is 0.451 e. The van der Waals surface area contributed by atoms with Gasteiger partial charge >= 0.3 is 6.18 Å². The standard InChI is InChI=1S/C17H13Cl2F3N6O/c18-10-5-9(6-11(19)7-10)15(29)28-3-1-27(2-4-28)14-12-13(24-8-23-12)25-16(26-14)17(20,21)22/h5-8H,1-4H2,(H,23,24,25,26). The summed E-state index contributed by atoms with van der Waals surface area (Å²) in [5.41, 5.74) is 0.613. The van der Waals surface area contributed by atoms with Crippen LogP contribution in [0.5, 0.6) is 0 Å². The van der Waals surface area contributed by atoms with E-state index in [1.54, 1.807) is 9.80 Å². The fraction of sp³-hybridized carbons (Fsp3) is 0.294. The third-order valence-corrected chi connectivity index (χ3v) is 4.93. The van der Waals surface area contributed by atoms with Crippen molar-refractivity contribution in [2.24, 2.45) is 0 Å². The summed E-state index contributed by atoms with van der Waals surface area (Å²) in [5, 5.41) is 0.698. The average Bonchev–Trinajstić information content (AvgIpc) is 3.14. The number of fused-ring (bicyclic) bond motifs is 1. The van der Waals surface area contributed by atoms with Gasteiger partial charge in [0.1, 0.15) is 5.52 Å². The molecule has 0 saturated carbocycles. The van der Waals surface area contributed by atoms with Crippen molar-refractivity contribution in [1.29, 1.82) is 0 Å². The average molecular weight is 445 g/mol. The molecule has 0 aliphatic carbocycles. The van der Waals surface area contributed by atoms with Crippen molar-refractivity contribution in [1.82, 2.24) is 24.8 Å². The van der Waals surface area contributed by atoms with Gasteiger partial charge in [-0.05, 0) is 18.2 Å². The van der Waals surface area contributed by atoms with Crippen LogP contribution in [0.4, 0.5) is 19.0 Å². The molecule has 0 atom stereocenters. The number of anilines is 1.